The van der Waals surface area contributed by atoms with E-state index < -0.39 is 10.0 Å². The van der Waals surface area contributed by atoms with E-state index in [0.717, 1.165) is 22.6 Å². The number of para-hydroxylation sites is 2. The zero-order valence-corrected chi connectivity index (χ0v) is 13.8. The van der Waals surface area contributed by atoms with Gasteiger partial charge in [0.2, 0.25) is 0 Å². The Balaban J connectivity index is 2.37. The highest BCUT2D eigenvalue weighted by Crippen LogP contribution is 2.30. The normalized spacial score (nSPS) is 11.4. The summed E-state index contributed by atoms with van der Waals surface area (Å²) in [6.45, 7) is 1.63. The quantitative estimate of drug-likeness (QED) is 0.885. The van der Waals surface area contributed by atoms with Gasteiger partial charge in [0.25, 0.3) is 10.0 Å². The lowest BCUT2D eigenvalue weighted by Gasteiger charge is -2.17. The predicted molar refractivity (Wildman–Crippen MR) is 86.6 cm³/mol. The molecule has 1 aromatic heterocycles. The highest BCUT2D eigenvalue weighted by Gasteiger charge is 2.20. The lowest BCUT2D eigenvalue weighted by atomic mass is 10.2. The molecule has 0 spiro atoms. The third-order valence-electron chi connectivity index (χ3n) is 3.04. The van der Waals surface area contributed by atoms with Crippen molar-refractivity contribution in [3.05, 3.63) is 40.8 Å². The third kappa shape index (κ3) is 3.37. The van der Waals surface area contributed by atoms with Crippen LogP contribution in [-0.2, 0) is 16.6 Å². The van der Waals surface area contributed by atoms with E-state index in [0.29, 0.717) is 10.6 Å². The topological polar surface area (TPSA) is 69.6 Å². The second-order valence-electron chi connectivity index (χ2n) is 4.85. The number of aryl methyl sites for hydroxylation is 1. The molecule has 2 aromatic rings. The molecule has 21 heavy (non-hydrogen) atoms. The standard InChI is InChI=1S/C14H18N2O3S2/c1-10-8-14(20-13(10)9-17)21(18,19)15-11-6-4-5-7-12(11)16(2)3/h4-8,15,17H,9H2,1-3H3. The molecule has 5 nitrogen and oxygen atoms in total. The van der Waals surface area contributed by atoms with E-state index in [1.54, 1.807) is 25.1 Å². The van der Waals surface area contributed by atoms with Crippen molar-refractivity contribution in [1.82, 2.24) is 0 Å². The number of nitrogens with one attached hydrogen (secondary N) is 1. The highest BCUT2D eigenvalue weighted by atomic mass is 32.2. The molecule has 0 aliphatic heterocycles. The van der Waals surface area contributed by atoms with E-state index in [9.17, 15) is 13.5 Å². The fourth-order valence-corrected chi connectivity index (χ4v) is 4.45. The summed E-state index contributed by atoms with van der Waals surface area (Å²) in [6.07, 6.45) is 0. The number of hydrogen-bond donors (Lipinski definition) is 2. The van der Waals surface area contributed by atoms with Crippen molar-refractivity contribution in [3.8, 4) is 0 Å². The van der Waals surface area contributed by atoms with Gasteiger partial charge < -0.3 is 10.0 Å². The molecule has 0 aliphatic rings. The van der Waals surface area contributed by atoms with E-state index >= 15 is 0 Å². The van der Waals surface area contributed by atoms with Gasteiger partial charge >= 0.3 is 0 Å². The molecule has 0 atom stereocenters. The maximum atomic E-state index is 12.5. The minimum Gasteiger partial charge on any atom is -0.391 e. The number of anilines is 2. The molecule has 0 unspecified atom stereocenters. The van der Waals surface area contributed by atoms with E-state index in [-0.39, 0.29) is 10.8 Å². The summed E-state index contributed by atoms with van der Waals surface area (Å²) in [4.78, 5) is 2.51. The van der Waals surface area contributed by atoms with Gasteiger partial charge in [-0.15, -0.1) is 11.3 Å². The number of aliphatic hydroxyl groups excluding tert-OH is 1. The molecule has 114 valence electrons. The number of aliphatic hydroxyl groups is 1. The number of rotatable bonds is 5. The minimum atomic E-state index is -3.65. The van der Waals surface area contributed by atoms with Gasteiger partial charge in [-0.2, -0.15) is 0 Å². The lowest BCUT2D eigenvalue weighted by molar-refractivity contribution is 0.285. The van der Waals surface area contributed by atoms with Crippen LogP contribution < -0.4 is 9.62 Å². The van der Waals surface area contributed by atoms with Gasteiger partial charge in [0.15, 0.2) is 0 Å². The summed E-state index contributed by atoms with van der Waals surface area (Å²) in [5.41, 5.74) is 2.10. The first-order valence-corrected chi connectivity index (χ1v) is 8.64. The van der Waals surface area contributed by atoms with Crippen LogP contribution in [0.1, 0.15) is 10.4 Å². The lowest BCUT2D eigenvalue weighted by Crippen LogP contribution is -2.16. The monoisotopic (exact) mass is 326 g/mol. The van der Waals surface area contributed by atoms with Gasteiger partial charge in [0.1, 0.15) is 4.21 Å². The SMILES string of the molecule is Cc1cc(S(=O)(=O)Nc2ccccc2N(C)C)sc1CO. The molecule has 1 heterocycles. The average molecular weight is 326 g/mol. The Morgan fingerprint density at radius 1 is 1.29 bits per heavy atom. The number of thiophene rings is 1. The van der Waals surface area contributed by atoms with E-state index in [1.165, 1.54) is 0 Å². The van der Waals surface area contributed by atoms with Crippen molar-refractivity contribution in [2.75, 3.05) is 23.7 Å². The van der Waals surface area contributed by atoms with Gasteiger partial charge in [0.05, 0.1) is 18.0 Å². The first-order chi connectivity index (χ1) is 9.85. The highest BCUT2D eigenvalue weighted by molar-refractivity contribution is 7.94. The first-order valence-electron chi connectivity index (χ1n) is 6.34. The maximum Gasteiger partial charge on any atom is 0.271 e. The van der Waals surface area contributed by atoms with Crippen molar-refractivity contribution in [2.24, 2.45) is 0 Å². The number of sulfonamides is 1. The molecule has 0 amide bonds. The largest absolute Gasteiger partial charge is 0.391 e. The van der Waals surface area contributed by atoms with Crippen LogP contribution in [0.5, 0.6) is 0 Å². The number of benzene rings is 1. The van der Waals surface area contributed by atoms with Crippen molar-refractivity contribution in [1.29, 1.82) is 0 Å². The van der Waals surface area contributed by atoms with Crippen LogP contribution in [0, 0.1) is 6.92 Å². The molecule has 0 aliphatic carbocycles. The van der Waals surface area contributed by atoms with Crippen LogP contribution in [-0.4, -0.2) is 27.6 Å². The van der Waals surface area contributed by atoms with Gasteiger partial charge in [-0.3, -0.25) is 4.72 Å². The molecule has 2 rings (SSSR count). The Morgan fingerprint density at radius 2 is 1.95 bits per heavy atom. The van der Waals surface area contributed by atoms with E-state index in [2.05, 4.69) is 4.72 Å². The Hall–Kier alpha value is -1.57. The second kappa shape index (κ2) is 6.05. The molecule has 0 saturated heterocycles. The predicted octanol–water partition coefficient (Wildman–Crippen LogP) is 2.42. The van der Waals surface area contributed by atoms with E-state index in [1.807, 2.05) is 31.1 Å². The van der Waals surface area contributed by atoms with Gasteiger partial charge in [-0.1, -0.05) is 12.1 Å². The Labute approximate surface area is 128 Å². The molecule has 2 N–H and O–H groups in total. The molecule has 1 aromatic carbocycles. The van der Waals surface area contributed by atoms with Crippen molar-refractivity contribution >= 4 is 32.7 Å². The second-order valence-corrected chi connectivity index (χ2v) is 7.89. The van der Waals surface area contributed by atoms with Crippen LogP contribution in [0.3, 0.4) is 0 Å². The van der Waals surface area contributed by atoms with Crippen LogP contribution in [0.2, 0.25) is 0 Å². The Kier molecular flexibility index (Phi) is 4.55. The van der Waals surface area contributed by atoms with Gasteiger partial charge in [0, 0.05) is 19.0 Å². The Morgan fingerprint density at radius 3 is 2.52 bits per heavy atom. The molecule has 0 radical (unpaired) electrons. The fraction of sp³-hybridized carbons (Fsp3) is 0.286. The summed E-state index contributed by atoms with van der Waals surface area (Å²) in [5.74, 6) is 0. The number of nitrogens with zero attached hydrogens (tertiary/aromatic N) is 1. The zero-order chi connectivity index (χ0) is 15.6. The fourth-order valence-electron chi connectivity index (χ4n) is 1.92. The van der Waals surface area contributed by atoms with Gasteiger partial charge in [-0.05, 0) is 30.7 Å². The maximum absolute atomic E-state index is 12.5. The van der Waals surface area contributed by atoms with Crippen LogP contribution in [0.15, 0.2) is 34.5 Å². The summed E-state index contributed by atoms with van der Waals surface area (Å²) in [7, 11) is 0.0566. The van der Waals surface area contributed by atoms with Gasteiger partial charge in [-0.25, -0.2) is 8.42 Å². The number of hydrogen-bond acceptors (Lipinski definition) is 5. The van der Waals surface area contributed by atoms with E-state index in [4.69, 9.17) is 0 Å². The molecule has 0 bridgehead atoms. The Bertz CT molecular complexity index is 736. The molecule has 0 saturated carbocycles. The summed E-state index contributed by atoms with van der Waals surface area (Å²) >= 11 is 1.09. The smallest absolute Gasteiger partial charge is 0.271 e. The molecule has 0 fully saturated rings. The minimum absolute atomic E-state index is 0.152. The third-order valence-corrected chi connectivity index (χ3v) is 6.10. The van der Waals surface area contributed by atoms with Crippen molar-refractivity contribution in [2.45, 2.75) is 17.7 Å². The molecule has 7 heteroatoms. The van der Waals surface area contributed by atoms with Crippen LogP contribution in [0.4, 0.5) is 11.4 Å². The summed E-state index contributed by atoms with van der Waals surface area (Å²) in [5, 5.41) is 9.19. The summed E-state index contributed by atoms with van der Waals surface area (Å²) < 4.78 is 27.7. The first kappa shape index (κ1) is 15.8. The van der Waals surface area contributed by atoms with Crippen molar-refractivity contribution in [3.63, 3.8) is 0 Å². The summed E-state index contributed by atoms with van der Waals surface area (Å²) in [6, 6.07) is 8.78. The molecular weight excluding hydrogens is 308 g/mol. The molecular formula is C14H18N2O3S2. The zero-order valence-electron chi connectivity index (χ0n) is 12.1. The van der Waals surface area contributed by atoms with Crippen molar-refractivity contribution < 1.29 is 13.5 Å². The van der Waals surface area contributed by atoms with Crippen LogP contribution >= 0.6 is 11.3 Å². The average Bonchev–Trinajstić information content (AvgIpc) is 2.81. The van der Waals surface area contributed by atoms with Crippen LogP contribution in [0.25, 0.3) is 0 Å².